The average Bonchev–Trinajstić information content (AvgIpc) is 2.96. The third-order valence-corrected chi connectivity index (χ3v) is 5.32. The molecular weight excluding hydrogens is 352 g/mol. The van der Waals surface area contributed by atoms with Crippen molar-refractivity contribution >= 4 is 40.6 Å². The van der Waals surface area contributed by atoms with Crippen molar-refractivity contribution in [2.24, 2.45) is 0 Å². The number of hydrogen-bond donors (Lipinski definition) is 2. The van der Waals surface area contributed by atoms with Crippen molar-refractivity contribution in [1.29, 1.82) is 0 Å². The van der Waals surface area contributed by atoms with Crippen molar-refractivity contribution in [3.63, 3.8) is 0 Å². The molecule has 0 saturated carbocycles. The number of nitrogens with zero attached hydrogens (tertiary/aromatic N) is 1. The maximum Gasteiger partial charge on any atom is 0.226 e. The van der Waals surface area contributed by atoms with Gasteiger partial charge in [0.05, 0.1) is 24.8 Å². The molecule has 0 fully saturated rings. The molecule has 0 saturated heterocycles. The number of aliphatic hydroxyl groups is 1. The maximum atomic E-state index is 12.1. The normalized spacial score (nSPS) is 12.1. The number of aliphatic hydroxyl groups excluding tert-OH is 1. The van der Waals surface area contributed by atoms with Gasteiger partial charge < -0.3 is 10.4 Å². The molecule has 7 heteroatoms. The van der Waals surface area contributed by atoms with E-state index in [1.807, 2.05) is 17.5 Å². The van der Waals surface area contributed by atoms with Crippen molar-refractivity contribution in [1.82, 2.24) is 10.3 Å². The second kappa shape index (κ2) is 9.27. The summed E-state index contributed by atoms with van der Waals surface area (Å²) in [7, 11) is 0. The Morgan fingerprint density at radius 2 is 2.17 bits per heavy atom. The lowest BCUT2D eigenvalue weighted by atomic mass is 10.1. The van der Waals surface area contributed by atoms with E-state index in [-0.39, 0.29) is 25.0 Å². The van der Waals surface area contributed by atoms with Crippen LogP contribution in [-0.2, 0) is 17.6 Å². The highest BCUT2D eigenvalue weighted by Gasteiger charge is 2.14. The molecule has 2 N–H and O–H groups in total. The van der Waals surface area contributed by atoms with Crippen molar-refractivity contribution in [3.05, 3.63) is 45.9 Å². The second-order valence-electron chi connectivity index (χ2n) is 4.99. The molecule has 0 aliphatic carbocycles. The van der Waals surface area contributed by atoms with Gasteiger partial charge in [-0.25, -0.2) is 4.98 Å². The first-order valence-electron chi connectivity index (χ1n) is 7.32. The Morgan fingerprint density at radius 3 is 2.83 bits per heavy atom. The van der Waals surface area contributed by atoms with Crippen LogP contribution in [-0.4, -0.2) is 34.4 Å². The molecule has 1 unspecified atom stereocenters. The first kappa shape index (κ1) is 18.3. The van der Waals surface area contributed by atoms with Crippen LogP contribution in [0, 0.1) is 0 Å². The molecule has 1 heterocycles. The largest absolute Gasteiger partial charge is 0.394 e. The van der Waals surface area contributed by atoms with Crippen LogP contribution in [0.5, 0.6) is 0 Å². The second-order valence-corrected chi connectivity index (χ2v) is 7.80. The summed E-state index contributed by atoms with van der Waals surface area (Å²) in [6.07, 6.45) is 0.797. The number of thioether (sulfide) groups is 1. The van der Waals surface area contributed by atoms with Gasteiger partial charge in [-0.1, -0.05) is 42.4 Å². The molecule has 1 atom stereocenters. The summed E-state index contributed by atoms with van der Waals surface area (Å²) in [5.41, 5.74) is 1.79. The van der Waals surface area contributed by atoms with Crippen LogP contribution in [0.2, 0.25) is 5.02 Å². The fourth-order valence-corrected chi connectivity index (χ4v) is 3.94. The summed E-state index contributed by atoms with van der Waals surface area (Å²) >= 11 is 9.08. The first-order chi connectivity index (χ1) is 11.1. The molecule has 1 aromatic carbocycles. The smallest absolute Gasteiger partial charge is 0.226 e. The van der Waals surface area contributed by atoms with Gasteiger partial charge in [-0.15, -0.1) is 11.3 Å². The Balaban J connectivity index is 1.87. The quantitative estimate of drug-likeness (QED) is 0.700. The molecule has 4 nitrogen and oxygen atoms in total. The van der Waals surface area contributed by atoms with Gasteiger partial charge in [0.25, 0.3) is 0 Å². The zero-order valence-electron chi connectivity index (χ0n) is 12.8. The van der Waals surface area contributed by atoms with E-state index in [0.29, 0.717) is 11.4 Å². The zero-order valence-corrected chi connectivity index (χ0v) is 15.2. The Labute approximate surface area is 149 Å². The standard InChI is InChI=1S/C16H19ClN2O2S2/c1-2-22-16-19-14(10-23-16)8-15(21)18-13(9-20)7-11-3-5-12(17)6-4-11/h3-6,10,13,20H,2,7-9H2,1H3,(H,18,21). The lowest BCUT2D eigenvalue weighted by molar-refractivity contribution is -0.121. The molecule has 0 aliphatic rings. The molecule has 1 amide bonds. The predicted molar refractivity (Wildman–Crippen MR) is 96.4 cm³/mol. The van der Waals surface area contributed by atoms with Gasteiger partial charge in [-0.05, 0) is 29.9 Å². The van der Waals surface area contributed by atoms with Gasteiger partial charge in [0.1, 0.15) is 4.34 Å². The van der Waals surface area contributed by atoms with Crippen LogP contribution in [0.25, 0.3) is 0 Å². The van der Waals surface area contributed by atoms with E-state index in [1.54, 1.807) is 35.2 Å². The van der Waals surface area contributed by atoms with Gasteiger partial charge in [-0.3, -0.25) is 4.79 Å². The third-order valence-electron chi connectivity index (χ3n) is 3.12. The lowest BCUT2D eigenvalue weighted by Gasteiger charge is -2.16. The summed E-state index contributed by atoms with van der Waals surface area (Å²) in [5.74, 6) is 0.837. The van der Waals surface area contributed by atoms with E-state index in [9.17, 15) is 9.90 Å². The molecule has 0 bridgehead atoms. The zero-order chi connectivity index (χ0) is 16.7. The number of benzene rings is 1. The molecule has 0 spiro atoms. The molecule has 0 radical (unpaired) electrons. The Bertz CT molecular complexity index is 631. The Hall–Kier alpha value is -1.08. The minimum absolute atomic E-state index is 0.109. The number of rotatable bonds is 8. The van der Waals surface area contributed by atoms with Crippen LogP contribution in [0.1, 0.15) is 18.2 Å². The van der Waals surface area contributed by atoms with E-state index in [0.717, 1.165) is 21.3 Å². The fraction of sp³-hybridized carbons (Fsp3) is 0.375. The first-order valence-corrected chi connectivity index (χ1v) is 9.57. The summed E-state index contributed by atoms with van der Waals surface area (Å²) < 4.78 is 0.982. The summed E-state index contributed by atoms with van der Waals surface area (Å²) in [5, 5.41) is 14.9. The minimum atomic E-state index is -0.313. The van der Waals surface area contributed by atoms with E-state index < -0.39 is 0 Å². The van der Waals surface area contributed by atoms with E-state index in [1.165, 1.54) is 0 Å². The average molecular weight is 371 g/mol. The van der Waals surface area contributed by atoms with Crippen LogP contribution in [0.3, 0.4) is 0 Å². The molecular formula is C16H19ClN2O2S2. The van der Waals surface area contributed by atoms with Crippen LogP contribution in [0.15, 0.2) is 34.0 Å². The SMILES string of the molecule is CCSc1nc(CC(=O)NC(CO)Cc2ccc(Cl)cc2)cs1. The molecule has 23 heavy (non-hydrogen) atoms. The number of carbonyl (C=O) groups excluding carboxylic acids is 1. The third kappa shape index (κ3) is 6.14. The van der Waals surface area contributed by atoms with Crippen molar-refractivity contribution in [2.75, 3.05) is 12.4 Å². The monoisotopic (exact) mass is 370 g/mol. The highest BCUT2D eigenvalue weighted by molar-refractivity contribution is 8.00. The highest BCUT2D eigenvalue weighted by Crippen LogP contribution is 2.22. The van der Waals surface area contributed by atoms with Gasteiger partial charge in [-0.2, -0.15) is 0 Å². The topological polar surface area (TPSA) is 62.2 Å². The molecule has 124 valence electrons. The van der Waals surface area contributed by atoms with Gasteiger partial charge in [0.2, 0.25) is 5.91 Å². The van der Waals surface area contributed by atoms with Crippen LogP contribution in [0.4, 0.5) is 0 Å². The van der Waals surface area contributed by atoms with Gasteiger partial charge in [0.15, 0.2) is 0 Å². The maximum absolute atomic E-state index is 12.1. The molecule has 2 rings (SSSR count). The number of nitrogens with one attached hydrogen (secondary N) is 1. The van der Waals surface area contributed by atoms with E-state index >= 15 is 0 Å². The van der Waals surface area contributed by atoms with Crippen LogP contribution >= 0.6 is 34.7 Å². The number of carbonyl (C=O) groups is 1. The number of hydrogen-bond acceptors (Lipinski definition) is 5. The van der Waals surface area contributed by atoms with Crippen molar-refractivity contribution in [2.45, 2.75) is 30.1 Å². The van der Waals surface area contributed by atoms with Crippen molar-refractivity contribution < 1.29 is 9.90 Å². The van der Waals surface area contributed by atoms with E-state index in [2.05, 4.69) is 17.2 Å². The number of amides is 1. The Kier molecular flexibility index (Phi) is 7.36. The number of aromatic nitrogens is 1. The summed E-state index contributed by atoms with van der Waals surface area (Å²) in [6.45, 7) is 1.96. The summed E-state index contributed by atoms with van der Waals surface area (Å²) in [4.78, 5) is 16.5. The Morgan fingerprint density at radius 1 is 1.43 bits per heavy atom. The minimum Gasteiger partial charge on any atom is -0.394 e. The van der Waals surface area contributed by atoms with Gasteiger partial charge in [0, 0.05) is 10.4 Å². The lowest BCUT2D eigenvalue weighted by Crippen LogP contribution is -2.39. The molecule has 2 aromatic rings. The van der Waals surface area contributed by atoms with Gasteiger partial charge >= 0.3 is 0 Å². The predicted octanol–water partition coefficient (Wildman–Crippen LogP) is 3.17. The number of halogens is 1. The summed E-state index contributed by atoms with van der Waals surface area (Å²) in [6, 6.07) is 7.08. The molecule has 1 aromatic heterocycles. The van der Waals surface area contributed by atoms with Crippen LogP contribution < -0.4 is 5.32 Å². The number of thiazole rings is 1. The van der Waals surface area contributed by atoms with Crippen molar-refractivity contribution in [3.8, 4) is 0 Å². The fourth-order valence-electron chi connectivity index (χ4n) is 2.07. The highest BCUT2D eigenvalue weighted by atomic mass is 35.5. The van der Waals surface area contributed by atoms with E-state index in [4.69, 9.17) is 11.6 Å². The molecule has 0 aliphatic heterocycles.